The molecule has 0 aromatic carbocycles. The van der Waals surface area contributed by atoms with Crippen LogP contribution in [0.5, 0.6) is 0 Å². The van der Waals surface area contributed by atoms with Crippen LogP contribution in [0.2, 0.25) is 0 Å². The van der Waals surface area contributed by atoms with Gasteiger partial charge in [0.1, 0.15) is 5.82 Å². The number of aromatic nitrogens is 2. The number of carbonyl (C=O) groups is 1. The molecule has 1 amide bonds. The van der Waals surface area contributed by atoms with Crippen molar-refractivity contribution in [3.05, 3.63) is 17.8 Å². The topological polar surface area (TPSA) is 81.9 Å². The van der Waals surface area contributed by atoms with Crippen molar-refractivity contribution >= 4 is 11.7 Å². The van der Waals surface area contributed by atoms with E-state index in [2.05, 4.69) is 21.6 Å². The minimum atomic E-state index is -0.181. The zero-order chi connectivity index (χ0) is 14.3. The van der Waals surface area contributed by atoms with Gasteiger partial charge in [0, 0.05) is 20.1 Å². The Morgan fingerprint density at radius 1 is 1.47 bits per heavy atom. The predicted octanol–water partition coefficient (Wildman–Crippen LogP) is 1.53. The number of nitrogens with one attached hydrogen (secondary N) is 1. The molecule has 6 nitrogen and oxygen atoms in total. The maximum Gasteiger partial charge on any atom is 0.274 e. The Hall–Kier alpha value is -2.16. The molecule has 0 aliphatic heterocycles. The lowest BCUT2D eigenvalue weighted by Crippen LogP contribution is -2.35. The van der Waals surface area contributed by atoms with Gasteiger partial charge in [-0.05, 0) is 18.1 Å². The van der Waals surface area contributed by atoms with Crippen LogP contribution in [-0.4, -0.2) is 41.1 Å². The van der Waals surface area contributed by atoms with E-state index in [0.29, 0.717) is 36.9 Å². The zero-order valence-corrected chi connectivity index (χ0v) is 11.6. The fraction of sp³-hybridized carbons (Fsp3) is 0.538. The van der Waals surface area contributed by atoms with Crippen LogP contribution in [0.25, 0.3) is 0 Å². The number of carbonyl (C=O) groups excluding carboxylic acids is 1. The van der Waals surface area contributed by atoms with E-state index in [0.717, 1.165) is 0 Å². The summed E-state index contributed by atoms with van der Waals surface area (Å²) in [5, 5.41) is 19.3. The largest absolute Gasteiger partial charge is 0.372 e. The number of amides is 1. The Labute approximate surface area is 113 Å². The first-order valence-corrected chi connectivity index (χ1v) is 6.26. The van der Waals surface area contributed by atoms with E-state index in [9.17, 15) is 4.79 Å². The maximum atomic E-state index is 12.3. The SMILES string of the molecule is CNc1ccc(C(=O)N(CCC#N)CC(C)C)nn1. The van der Waals surface area contributed by atoms with E-state index in [1.807, 2.05) is 13.8 Å². The molecule has 1 rings (SSSR count). The molecule has 102 valence electrons. The van der Waals surface area contributed by atoms with Crippen LogP contribution in [-0.2, 0) is 0 Å². The Bertz CT molecular complexity index is 449. The lowest BCUT2D eigenvalue weighted by Gasteiger charge is -2.23. The quantitative estimate of drug-likeness (QED) is 0.839. The summed E-state index contributed by atoms with van der Waals surface area (Å²) in [6.45, 7) is 5.09. The average Bonchev–Trinajstić information content (AvgIpc) is 2.42. The van der Waals surface area contributed by atoms with Gasteiger partial charge >= 0.3 is 0 Å². The first-order chi connectivity index (χ1) is 9.08. The van der Waals surface area contributed by atoms with E-state index in [1.165, 1.54) is 0 Å². The molecule has 0 unspecified atom stereocenters. The van der Waals surface area contributed by atoms with Gasteiger partial charge in [-0.3, -0.25) is 4.79 Å². The van der Waals surface area contributed by atoms with Crippen molar-refractivity contribution in [3.8, 4) is 6.07 Å². The highest BCUT2D eigenvalue weighted by Crippen LogP contribution is 2.07. The van der Waals surface area contributed by atoms with Crippen LogP contribution in [0, 0.1) is 17.2 Å². The highest BCUT2D eigenvalue weighted by molar-refractivity contribution is 5.92. The number of hydrogen-bond acceptors (Lipinski definition) is 5. The average molecular weight is 261 g/mol. The van der Waals surface area contributed by atoms with Gasteiger partial charge in [0.15, 0.2) is 5.69 Å². The monoisotopic (exact) mass is 261 g/mol. The third-order valence-electron chi connectivity index (χ3n) is 2.51. The minimum Gasteiger partial charge on any atom is -0.372 e. The normalized spacial score (nSPS) is 10.1. The standard InChI is InChI=1S/C13H19N5O/c1-10(2)9-18(8-4-7-14)13(19)11-5-6-12(15-3)17-16-11/h5-6,10H,4,8-9H2,1-3H3,(H,15,17). The maximum absolute atomic E-state index is 12.3. The van der Waals surface area contributed by atoms with E-state index in [1.54, 1.807) is 24.1 Å². The van der Waals surface area contributed by atoms with E-state index >= 15 is 0 Å². The Balaban J connectivity index is 2.81. The zero-order valence-electron chi connectivity index (χ0n) is 11.6. The van der Waals surface area contributed by atoms with Crippen molar-refractivity contribution in [2.45, 2.75) is 20.3 Å². The van der Waals surface area contributed by atoms with Crippen LogP contribution in [0.3, 0.4) is 0 Å². The molecule has 1 heterocycles. The lowest BCUT2D eigenvalue weighted by molar-refractivity contribution is 0.0733. The summed E-state index contributed by atoms with van der Waals surface area (Å²) in [7, 11) is 1.74. The van der Waals surface area contributed by atoms with Crippen molar-refractivity contribution in [2.24, 2.45) is 5.92 Å². The van der Waals surface area contributed by atoms with Crippen molar-refractivity contribution < 1.29 is 4.79 Å². The van der Waals surface area contributed by atoms with Crippen molar-refractivity contribution in [3.63, 3.8) is 0 Å². The number of nitrogens with zero attached hydrogens (tertiary/aromatic N) is 4. The number of anilines is 1. The summed E-state index contributed by atoms with van der Waals surface area (Å²) < 4.78 is 0. The molecule has 0 saturated heterocycles. The second-order valence-electron chi connectivity index (χ2n) is 4.61. The second kappa shape index (κ2) is 7.31. The van der Waals surface area contributed by atoms with Gasteiger partial charge in [-0.15, -0.1) is 10.2 Å². The molecule has 19 heavy (non-hydrogen) atoms. The van der Waals surface area contributed by atoms with Gasteiger partial charge in [0.2, 0.25) is 0 Å². The molecule has 0 saturated carbocycles. The van der Waals surface area contributed by atoms with Crippen molar-refractivity contribution in [2.75, 3.05) is 25.5 Å². The molecule has 1 N–H and O–H groups in total. The van der Waals surface area contributed by atoms with Crippen LogP contribution in [0.15, 0.2) is 12.1 Å². The van der Waals surface area contributed by atoms with Gasteiger partial charge in [-0.1, -0.05) is 13.8 Å². The number of rotatable bonds is 6. The summed E-state index contributed by atoms with van der Waals surface area (Å²) in [6.07, 6.45) is 0.320. The molecule has 1 aromatic rings. The summed E-state index contributed by atoms with van der Waals surface area (Å²) in [6, 6.07) is 5.40. The summed E-state index contributed by atoms with van der Waals surface area (Å²) >= 11 is 0. The molecule has 0 radical (unpaired) electrons. The smallest absolute Gasteiger partial charge is 0.274 e. The molecule has 0 spiro atoms. The van der Waals surface area contributed by atoms with Crippen molar-refractivity contribution in [1.82, 2.24) is 15.1 Å². The van der Waals surface area contributed by atoms with Crippen LogP contribution >= 0.6 is 0 Å². The third-order valence-corrected chi connectivity index (χ3v) is 2.51. The van der Waals surface area contributed by atoms with E-state index in [-0.39, 0.29) is 5.91 Å². The van der Waals surface area contributed by atoms with Gasteiger partial charge in [-0.25, -0.2) is 0 Å². The highest BCUT2D eigenvalue weighted by Gasteiger charge is 2.18. The highest BCUT2D eigenvalue weighted by atomic mass is 16.2. The lowest BCUT2D eigenvalue weighted by atomic mass is 10.2. The van der Waals surface area contributed by atoms with Crippen LogP contribution in [0.4, 0.5) is 5.82 Å². The molecule has 6 heteroatoms. The van der Waals surface area contributed by atoms with Gasteiger partial charge in [-0.2, -0.15) is 5.26 Å². The second-order valence-corrected chi connectivity index (χ2v) is 4.61. The molecule has 1 aromatic heterocycles. The van der Waals surface area contributed by atoms with Gasteiger partial charge in [0.25, 0.3) is 5.91 Å². The van der Waals surface area contributed by atoms with Crippen LogP contribution < -0.4 is 5.32 Å². The third kappa shape index (κ3) is 4.54. The molecular weight excluding hydrogens is 242 g/mol. The molecular formula is C13H19N5O. The number of nitriles is 1. The van der Waals surface area contributed by atoms with Crippen molar-refractivity contribution in [1.29, 1.82) is 5.26 Å². The van der Waals surface area contributed by atoms with Gasteiger partial charge < -0.3 is 10.2 Å². The fourth-order valence-corrected chi connectivity index (χ4v) is 1.64. The molecule has 0 aliphatic rings. The molecule has 0 bridgehead atoms. The number of hydrogen-bond donors (Lipinski definition) is 1. The predicted molar refractivity (Wildman–Crippen MR) is 72.6 cm³/mol. The first kappa shape index (κ1) is 14.9. The molecule has 0 aliphatic carbocycles. The first-order valence-electron chi connectivity index (χ1n) is 6.26. The fourth-order valence-electron chi connectivity index (χ4n) is 1.64. The summed E-state index contributed by atoms with van der Waals surface area (Å²) in [5.74, 6) is 0.773. The Kier molecular flexibility index (Phi) is 5.73. The Morgan fingerprint density at radius 2 is 2.21 bits per heavy atom. The van der Waals surface area contributed by atoms with Crippen LogP contribution in [0.1, 0.15) is 30.8 Å². The minimum absolute atomic E-state index is 0.181. The van der Waals surface area contributed by atoms with E-state index < -0.39 is 0 Å². The summed E-state index contributed by atoms with van der Waals surface area (Å²) in [5.41, 5.74) is 0.303. The Morgan fingerprint density at radius 3 is 2.68 bits per heavy atom. The molecule has 0 fully saturated rings. The van der Waals surface area contributed by atoms with Gasteiger partial charge in [0.05, 0.1) is 12.5 Å². The molecule has 0 atom stereocenters. The summed E-state index contributed by atoms with van der Waals surface area (Å²) in [4.78, 5) is 13.9. The van der Waals surface area contributed by atoms with E-state index in [4.69, 9.17) is 5.26 Å².